The number of rotatable bonds is 14. The summed E-state index contributed by atoms with van der Waals surface area (Å²) in [5, 5.41) is 2.58. The van der Waals surface area contributed by atoms with Gasteiger partial charge in [-0.05, 0) is 69.5 Å². The average Bonchev–Trinajstić information content (AvgIpc) is 2.99. The normalized spacial score (nSPS) is 11.1. The number of amides is 1. The standard InChI is InChI=1S/C33H38N2O8/c1-7-10-28(36)43-31-27(39-6)19-20-34-30(31)32(37)35-21(4)33(38)42-22(5)29(23-11-15-25(16-12-23)40-8-2)24-13-17-26(18-14-24)41-9-3/h11-21H,7-10H2,1-6H3,(H,35,37)/t21-/m0/s1. The number of nitrogens with zero attached hydrogens (tertiary/aromatic N) is 1. The van der Waals surface area contributed by atoms with Crippen LogP contribution in [0.5, 0.6) is 23.0 Å². The number of esters is 2. The van der Waals surface area contributed by atoms with Crippen LogP contribution >= 0.6 is 0 Å². The Morgan fingerprint density at radius 1 is 0.860 bits per heavy atom. The van der Waals surface area contributed by atoms with E-state index >= 15 is 0 Å². The largest absolute Gasteiger partial charge is 0.494 e. The highest BCUT2D eigenvalue weighted by Gasteiger charge is 2.26. The van der Waals surface area contributed by atoms with Crippen molar-refractivity contribution >= 4 is 23.4 Å². The van der Waals surface area contributed by atoms with Gasteiger partial charge in [0.2, 0.25) is 5.75 Å². The molecule has 0 bridgehead atoms. The molecule has 0 saturated heterocycles. The van der Waals surface area contributed by atoms with Gasteiger partial charge in [0.1, 0.15) is 23.3 Å². The number of carbonyl (C=O) groups excluding carboxylic acids is 3. The molecule has 0 radical (unpaired) electrons. The van der Waals surface area contributed by atoms with Crippen LogP contribution in [0.15, 0.2) is 66.6 Å². The second-order valence-electron chi connectivity index (χ2n) is 9.38. The van der Waals surface area contributed by atoms with Crippen molar-refractivity contribution in [1.82, 2.24) is 10.3 Å². The van der Waals surface area contributed by atoms with Gasteiger partial charge >= 0.3 is 11.9 Å². The van der Waals surface area contributed by atoms with E-state index < -0.39 is 23.9 Å². The monoisotopic (exact) mass is 590 g/mol. The summed E-state index contributed by atoms with van der Waals surface area (Å²) < 4.78 is 27.6. The van der Waals surface area contributed by atoms with Gasteiger partial charge in [-0.15, -0.1) is 0 Å². The maximum absolute atomic E-state index is 13.2. The molecule has 0 saturated carbocycles. The van der Waals surface area contributed by atoms with Crippen LogP contribution in [-0.4, -0.2) is 49.2 Å². The SMILES string of the molecule is CCCC(=O)Oc1c(OC)ccnc1C(=O)N[C@@H](C)C(=O)OC(C)=C(c1ccc(OCC)cc1)c1ccc(OCC)cc1. The lowest BCUT2D eigenvalue weighted by Crippen LogP contribution is -2.40. The number of nitrogens with one attached hydrogen (secondary N) is 1. The highest BCUT2D eigenvalue weighted by Crippen LogP contribution is 2.32. The number of ether oxygens (including phenoxy) is 5. The fraction of sp³-hybridized carbons (Fsp3) is 0.333. The van der Waals surface area contributed by atoms with Crippen LogP contribution in [-0.2, 0) is 14.3 Å². The van der Waals surface area contributed by atoms with E-state index in [0.717, 1.165) is 11.1 Å². The second-order valence-corrected chi connectivity index (χ2v) is 9.38. The summed E-state index contributed by atoms with van der Waals surface area (Å²) in [4.78, 5) is 42.6. The minimum atomic E-state index is -1.07. The Bertz CT molecular complexity index is 1380. The Balaban J connectivity index is 1.87. The lowest BCUT2D eigenvalue weighted by Gasteiger charge is -2.18. The third-order valence-electron chi connectivity index (χ3n) is 6.19. The summed E-state index contributed by atoms with van der Waals surface area (Å²) in [6, 6.07) is 15.3. The Morgan fingerprint density at radius 3 is 1.91 bits per heavy atom. The van der Waals surface area contributed by atoms with E-state index in [-0.39, 0.29) is 23.6 Å². The van der Waals surface area contributed by atoms with Crippen molar-refractivity contribution in [3.63, 3.8) is 0 Å². The fourth-order valence-corrected chi connectivity index (χ4v) is 4.18. The summed E-state index contributed by atoms with van der Waals surface area (Å²) in [5.41, 5.74) is 2.08. The number of benzene rings is 2. The smallest absolute Gasteiger partial charge is 0.333 e. The Hall–Kier alpha value is -4.86. The first kappa shape index (κ1) is 32.7. The molecule has 1 heterocycles. The molecule has 0 aliphatic rings. The van der Waals surface area contributed by atoms with Crippen molar-refractivity contribution in [1.29, 1.82) is 0 Å². The number of pyridine rings is 1. The molecule has 228 valence electrons. The molecule has 3 rings (SSSR count). The number of aromatic nitrogens is 1. The minimum Gasteiger partial charge on any atom is -0.494 e. The van der Waals surface area contributed by atoms with E-state index in [1.54, 1.807) is 6.92 Å². The van der Waals surface area contributed by atoms with Crippen molar-refractivity contribution in [2.24, 2.45) is 0 Å². The average molecular weight is 591 g/mol. The molecular weight excluding hydrogens is 552 g/mol. The summed E-state index contributed by atoms with van der Waals surface area (Å²) in [5.74, 6) is -0.168. The molecule has 0 fully saturated rings. The van der Waals surface area contributed by atoms with Gasteiger partial charge in [0.05, 0.1) is 20.3 Å². The Morgan fingerprint density at radius 2 is 1.42 bits per heavy atom. The predicted molar refractivity (Wildman–Crippen MR) is 161 cm³/mol. The molecule has 10 nitrogen and oxygen atoms in total. The molecule has 3 aromatic rings. The summed E-state index contributed by atoms with van der Waals surface area (Å²) in [6.45, 7) is 9.90. The lowest BCUT2D eigenvalue weighted by molar-refractivity contribution is -0.141. The van der Waals surface area contributed by atoms with Crippen LogP contribution in [0.1, 0.15) is 69.1 Å². The van der Waals surface area contributed by atoms with Crippen molar-refractivity contribution in [3.05, 3.63) is 83.4 Å². The number of methoxy groups -OCH3 is 1. The number of hydrogen-bond acceptors (Lipinski definition) is 9. The van der Waals surface area contributed by atoms with Crippen molar-refractivity contribution in [2.45, 2.75) is 53.5 Å². The first-order valence-corrected chi connectivity index (χ1v) is 14.2. The van der Waals surface area contributed by atoms with E-state index in [9.17, 15) is 14.4 Å². The molecule has 1 atom stereocenters. The van der Waals surface area contributed by atoms with Gasteiger partial charge in [0, 0.05) is 24.3 Å². The Labute approximate surface area is 252 Å². The van der Waals surface area contributed by atoms with Crippen LogP contribution in [0.4, 0.5) is 0 Å². The highest BCUT2D eigenvalue weighted by molar-refractivity contribution is 5.99. The third kappa shape index (κ3) is 8.81. The van der Waals surface area contributed by atoms with E-state index in [1.165, 1.54) is 26.3 Å². The predicted octanol–water partition coefficient (Wildman–Crippen LogP) is 5.73. The van der Waals surface area contributed by atoms with Gasteiger partial charge in [0.15, 0.2) is 11.4 Å². The maximum Gasteiger partial charge on any atom is 0.333 e. The quantitative estimate of drug-likeness (QED) is 0.185. The molecule has 1 N–H and O–H groups in total. The highest BCUT2D eigenvalue weighted by atomic mass is 16.6. The molecule has 0 aliphatic heterocycles. The molecule has 43 heavy (non-hydrogen) atoms. The van der Waals surface area contributed by atoms with Crippen LogP contribution in [0.25, 0.3) is 5.57 Å². The zero-order valence-electron chi connectivity index (χ0n) is 25.4. The number of hydrogen-bond donors (Lipinski definition) is 1. The molecule has 2 aromatic carbocycles. The van der Waals surface area contributed by atoms with Gasteiger partial charge in [-0.2, -0.15) is 0 Å². The van der Waals surface area contributed by atoms with Crippen molar-refractivity contribution in [3.8, 4) is 23.0 Å². The van der Waals surface area contributed by atoms with E-state index in [4.69, 9.17) is 23.7 Å². The van der Waals surface area contributed by atoms with E-state index in [0.29, 0.717) is 42.5 Å². The molecule has 0 aliphatic carbocycles. The second kappa shape index (κ2) is 16.0. The summed E-state index contributed by atoms with van der Waals surface area (Å²) >= 11 is 0. The summed E-state index contributed by atoms with van der Waals surface area (Å²) in [6.07, 6.45) is 2.06. The van der Waals surface area contributed by atoms with E-state index in [2.05, 4.69) is 10.3 Å². The molecule has 1 amide bonds. The summed E-state index contributed by atoms with van der Waals surface area (Å²) in [7, 11) is 1.38. The maximum atomic E-state index is 13.2. The topological polar surface area (TPSA) is 122 Å². The molecule has 1 aromatic heterocycles. The van der Waals surface area contributed by atoms with Gasteiger partial charge in [-0.3, -0.25) is 9.59 Å². The van der Waals surface area contributed by atoms with Gasteiger partial charge in [0.25, 0.3) is 5.91 Å². The van der Waals surface area contributed by atoms with Crippen LogP contribution in [0.3, 0.4) is 0 Å². The first-order valence-electron chi connectivity index (χ1n) is 14.2. The van der Waals surface area contributed by atoms with E-state index in [1.807, 2.05) is 69.3 Å². The molecule has 0 spiro atoms. The van der Waals surface area contributed by atoms with Crippen LogP contribution in [0.2, 0.25) is 0 Å². The van der Waals surface area contributed by atoms with Crippen molar-refractivity contribution < 1.29 is 38.1 Å². The minimum absolute atomic E-state index is 0.120. The number of carbonyl (C=O) groups is 3. The first-order chi connectivity index (χ1) is 20.7. The third-order valence-corrected chi connectivity index (χ3v) is 6.19. The van der Waals surface area contributed by atoms with Gasteiger partial charge in [-0.25, -0.2) is 9.78 Å². The van der Waals surface area contributed by atoms with Gasteiger partial charge < -0.3 is 29.0 Å². The zero-order chi connectivity index (χ0) is 31.4. The van der Waals surface area contributed by atoms with Gasteiger partial charge in [-0.1, -0.05) is 31.2 Å². The lowest BCUT2D eigenvalue weighted by atomic mass is 9.96. The Kier molecular flexibility index (Phi) is 12.1. The van der Waals surface area contributed by atoms with Crippen LogP contribution in [0, 0.1) is 0 Å². The number of allylic oxidation sites excluding steroid dienone is 1. The molecule has 10 heteroatoms. The zero-order valence-corrected chi connectivity index (χ0v) is 25.4. The van der Waals surface area contributed by atoms with Crippen LogP contribution < -0.4 is 24.3 Å². The molecule has 0 unspecified atom stereocenters. The fourth-order valence-electron chi connectivity index (χ4n) is 4.18. The molecular formula is C33H38N2O8. The van der Waals surface area contributed by atoms with Crippen molar-refractivity contribution in [2.75, 3.05) is 20.3 Å².